The van der Waals surface area contributed by atoms with Crippen LogP contribution in [-0.2, 0) is 10.2 Å². The number of hydrogen-bond donors (Lipinski definition) is 0. The summed E-state index contributed by atoms with van der Waals surface area (Å²) in [5, 5.41) is 0.287. The largest absolute Gasteiger partial charge is 0.489 e. The molecule has 108 valence electrons. The minimum absolute atomic E-state index is 0.0946. The Balaban J connectivity index is 2.26. The van der Waals surface area contributed by atoms with Gasteiger partial charge in [0.25, 0.3) is 0 Å². The number of fused-ring (bicyclic) bond motifs is 1. The van der Waals surface area contributed by atoms with Crippen LogP contribution >= 0.6 is 27.5 Å². The highest BCUT2D eigenvalue weighted by atomic mass is 79.9. The predicted molar refractivity (Wildman–Crippen MR) is 87.4 cm³/mol. The molecule has 2 atom stereocenters. The van der Waals surface area contributed by atoms with E-state index in [2.05, 4.69) is 15.9 Å². The van der Waals surface area contributed by atoms with Gasteiger partial charge in [-0.05, 0) is 23.2 Å². The molecule has 0 amide bonds. The minimum Gasteiger partial charge on any atom is -0.489 e. The first-order chi connectivity index (χ1) is 10.2. The molecule has 0 N–H and O–H groups in total. The number of para-hydroxylation sites is 1. The summed E-state index contributed by atoms with van der Waals surface area (Å²) < 4.78 is 5.95. The maximum Gasteiger partial charge on any atom is 0.236 e. The SMILES string of the molecule is O=C(Cl)C1(c2ccccc2)CC(CBr)Oc2ccccc21. The number of benzene rings is 2. The number of ether oxygens (including phenoxy) is 1. The van der Waals surface area contributed by atoms with Gasteiger partial charge in [-0.1, -0.05) is 64.5 Å². The zero-order chi connectivity index (χ0) is 14.9. The number of halogens is 2. The molecule has 21 heavy (non-hydrogen) atoms. The van der Waals surface area contributed by atoms with Crippen molar-refractivity contribution < 1.29 is 9.53 Å². The molecule has 1 heterocycles. The zero-order valence-electron chi connectivity index (χ0n) is 11.3. The maximum absolute atomic E-state index is 12.4. The van der Waals surface area contributed by atoms with Crippen molar-refractivity contribution in [1.29, 1.82) is 0 Å². The van der Waals surface area contributed by atoms with Crippen LogP contribution in [0.25, 0.3) is 0 Å². The molecule has 2 aromatic rings. The fraction of sp³-hybridized carbons (Fsp3) is 0.235. The van der Waals surface area contributed by atoms with E-state index in [-0.39, 0.29) is 11.3 Å². The highest BCUT2D eigenvalue weighted by molar-refractivity contribution is 9.09. The third-order valence-electron chi connectivity index (χ3n) is 3.95. The van der Waals surface area contributed by atoms with Gasteiger partial charge in [0, 0.05) is 17.3 Å². The Kier molecular flexibility index (Phi) is 4.05. The Morgan fingerprint density at radius 3 is 2.52 bits per heavy atom. The van der Waals surface area contributed by atoms with Crippen LogP contribution in [0.5, 0.6) is 5.75 Å². The molecule has 1 aliphatic heterocycles. The second kappa shape index (κ2) is 5.82. The van der Waals surface area contributed by atoms with Gasteiger partial charge in [-0.2, -0.15) is 0 Å². The fourth-order valence-electron chi connectivity index (χ4n) is 2.98. The van der Waals surface area contributed by atoms with Crippen LogP contribution in [-0.4, -0.2) is 16.7 Å². The van der Waals surface area contributed by atoms with Crippen molar-refractivity contribution in [3.63, 3.8) is 0 Å². The van der Waals surface area contributed by atoms with Crippen molar-refractivity contribution in [2.24, 2.45) is 0 Å². The van der Waals surface area contributed by atoms with Crippen LogP contribution in [0, 0.1) is 0 Å². The van der Waals surface area contributed by atoms with Gasteiger partial charge >= 0.3 is 0 Å². The lowest BCUT2D eigenvalue weighted by Crippen LogP contribution is -2.44. The van der Waals surface area contributed by atoms with E-state index in [1.54, 1.807) is 0 Å². The summed E-state index contributed by atoms with van der Waals surface area (Å²) in [6, 6.07) is 17.3. The third-order valence-corrected chi connectivity index (χ3v) is 4.99. The van der Waals surface area contributed by atoms with E-state index in [1.807, 2.05) is 54.6 Å². The van der Waals surface area contributed by atoms with Crippen molar-refractivity contribution in [1.82, 2.24) is 0 Å². The first-order valence-electron chi connectivity index (χ1n) is 6.76. The zero-order valence-corrected chi connectivity index (χ0v) is 13.6. The predicted octanol–water partition coefficient (Wildman–Crippen LogP) is 4.28. The average Bonchev–Trinajstić information content (AvgIpc) is 2.54. The molecule has 1 aliphatic rings. The summed E-state index contributed by atoms with van der Waals surface area (Å²) in [7, 11) is 0. The normalized spacial score (nSPS) is 24.0. The Morgan fingerprint density at radius 2 is 1.86 bits per heavy atom. The van der Waals surface area contributed by atoms with Gasteiger partial charge in [-0.25, -0.2) is 0 Å². The maximum atomic E-state index is 12.4. The average molecular weight is 366 g/mol. The second-order valence-electron chi connectivity index (χ2n) is 5.14. The Hall–Kier alpha value is -1.32. The van der Waals surface area contributed by atoms with E-state index in [4.69, 9.17) is 16.3 Å². The van der Waals surface area contributed by atoms with E-state index in [1.165, 1.54) is 0 Å². The number of carbonyl (C=O) groups excluding carboxylic acids is 1. The number of alkyl halides is 1. The molecular weight excluding hydrogens is 352 g/mol. The van der Waals surface area contributed by atoms with E-state index in [0.717, 1.165) is 16.9 Å². The van der Waals surface area contributed by atoms with Crippen molar-refractivity contribution in [2.75, 3.05) is 5.33 Å². The van der Waals surface area contributed by atoms with E-state index in [0.29, 0.717) is 11.8 Å². The summed E-state index contributed by atoms with van der Waals surface area (Å²) in [5.74, 6) is 0.728. The molecule has 3 rings (SSSR count). The smallest absolute Gasteiger partial charge is 0.236 e. The molecule has 0 spiro atoms. The first kappa shape index (κ1) is 14.6. The fourth-order valence-corrected chi connectivity index (χ4v) is 3.63. The lowest BCUT2D eigenvalue weighted by atomic mass is 9.70. The molecule has 2 nitrogen and oxygen atoms in total. The molecule has 0 aromatic heterocycles. The lowest BCUT2D eigenvalue weighted by molar-refractivity contribution is -0.116. The van der Waals surface area contributed by atoms with Crippen LogP contribution in [0.1, 0.15) is 17.5 Å². The number of rotatable bonds is 3. The topological polar surface area (TPSA) is 26.3 Å². The third kappa shape index (κ3) is 2.39. The van der Waals surface area contributed by atoms with E-state index < -0.39 is 5.41 Å². The van der Waals surface area contributed by atoms with Gasteiger partial charge in [0.05, 0.1) is 0 Å². The summed E-state index contributed by atoms with van der Waals surface area (Å²) in [6.07, 6.45) is 0.435. The van der Waals surface area contributed by atoms with Crippen molar-refractivity contribution >= 4 is 32.8 Å². The van der Waals surface area contributed by atoms with Gasteiger partial charge in [0.15, 0.2) is 0 Å². The number of carbonyl (C=O) groups is 1. The molecule has 0 aliphatic carbocycles. The Morgan fingerprint density at radius 1 is 1.19 bits per heavy atom. The van der Waals surface area contributed by atoms with Gasteiger partial charge in [-0.15, -0.1) is 0 Å². The van der Waals surface area contributed by atoms with E-state index in [9.17, 15) is 4.79 Å². The highest BCUT2D eigenvalue weighted by Crippen LogP contribution is 2.47. The molecular formula is C17H14BrClO2. The molecule has 0 fully saturated rings. The van der Waals surface area contributed by atoms with Gasteiger partial charge < -0.3 is 4.74 Å². The van der Waals surface area contributed by atoms with Crippen LogP contribution in [0.3, 0.4) is 0 Å². The van der Waals surface area contributed by atoms with Gasteiger partial charge in [0.1, 0.15) is 17.3 Å². The monoisotopic (exact) mass is 364 g/mol. The molecule has 0 radical (unpaired) electrons. The second-order valence-corrected chi connectivity index (χ2v) is 6.13. The highest BCUT2D eigenvalue weighted by Gasteiger charge is 2.47. The first-order valence-corrected chi connectivity index (χ1v) is 8.26. The molecule has 2 unspecified atom stereocenters. The van der Waals surface area contributed by atoms with Crippen LogP contribution in [0.2, 0.25) is 0 Å². The van der Waals surface area contributed by atoms with Crippen LogP contribution in [0.15, 0.2) is 54.6 Å². The lowest BCUT2D eigenvalue weighted by Gasteiger charge is -2.40. The van der Waals surface area contributed by atoms with Crippen molar-refractivity contribution in [3.8, 4) is 5.75 Å². The summed E-state index contributed by atoms with van der Waals surface area (Å²) >= 11 is 9.54. The summed E-state index contributed by atoms with van der Waals surface area (Å²) in [4.78, 5) is 12.4. The van der Waals surface area contributed by atoms with E-state index >= 15 is 0 Å². The standard InChI is InChI=1S/C17H14BrClO2/c18-11-13-10-17(16(19)20,12-6-2-1-3-7-12)14-8-4-5-9-15(14)21-13/h1-9,13H,10-11H2. The molecule has 4 heteroatoms. The van der Waals surface area contributed by atoms with Crippen molar-refractivity contribution in [2.45, 2.75) is 17.9 Å². The molecule has 0 saturated heterocycles. The Bertz CT molecular complexity index is 659. The summed E-state index contributed by atoms with van der Waals surface area (Å²) in [5.41, 5.74) is 0.899. The van der Waals surface area contributed by atoms with Gasteiger partial charge in [-0.3, -0.25) is 4.79 Å². The number of hydrogen-bond acceptors (Lipinski definition) is 2. The van der Waals surface area contributed by atoms with Gasteiger partial charge in [0.2, 0.25) is 5.24 Å². The quantitative estimate of drug-likeness (QED) is 0.599. The molecule has 2 aromatic carbocycles. The molecule has 0 saturated carbocycles. The van der Waals surface area contributed by atoms with Crippen molar-refractivity contribution in [3.05, 3.63) is 65.7 Å². The Labute approximate surface area is 137 Å². The minimum atomic E-state index is -0.851. The molecule has 0 bridgehead atoms. The van der Waals surface area contributed by atoms with Crippen LogP contribution < -0.4 is 4.74 Å². The summed E-state index contributed by atoms with van der Waals surface area (Å²) in [6.45, 7) is 0. The van der Waals surface area contributed by atoms with Crippen LogP contribution in [0.4, 0.5) is 0 Å².